The molecule has 2 N–H and O–H groups in total. The van der Waals surface area contributed by atoms with E-state index >= 15 is 0 Å². The minimum atomic E-state index is -0.580. The molecule has 2 nitrogen and oxygen atoms in total. The molecule has 0 spiro atoms. The molecule has 3 heteroatoms. The maximum Gasteiger partial charge on any atom is 0.123 e. The van der Waals surface area contributed by atoms with Gasteiger partial charge >= 0.3 is 0 Å². The second-order valence-electron chi connectivity index (χ2n) is 2.96. The Bertz CT molecular complexity index is 265. The van der Waals surface area contributed by atoms with E-state index in [0.717, 1.165) is 6.54 Å². The van der Waals surface area contributed by atoms with E-state index in [4.69, 9.17) is 0 Å². The number of halogens is 1. The van der Waals surface area contributed by atoms with Crippen LogP contribution in [0, 0.1) is 5.82 Å². The van der Waals surface area contributed by atoms with E-state index < -0.39 is 6.10 Å². The van der Waals surface area contributed by atoms with Crippen LogP contribution >= 0.6 is 0 Å². The fourth-order valence-electron chi connectivity index (χ4n) is 1.16. The Kier molecular flexibility index (Phi) is 3.86. The van der Waals surface area contributed by atoms with Crippen molar-refractivity contribution in [3.8, 4) is 0 Å². The molecule has 0 aliphatic carbocycles. The van der Waals surface area contributed by atoms with E-state index in [2.05, 4.69) is 5.32 Å². The second-order valence-corrected chi connectivity index (χ2v) is 2.96. The van der Waals surface area contributed by atoms with Gasteiger partial charge in [0.2, 0.25) is 0 Å². The van der Waals surface area contributed by atoms with Crippen molar-refractivity contribution in [2.24, 2.45) is 0 Å². The van der Waals surface area contributed by atoms with E-state index in [9.17, 15) is 9.50 Å². The highest BCUT2D eigenvalue weighted by molar-refractivity contribution is 5.18. The predicted octanol–water partition coefficient (Wildman–Crippen LogP) is 1.47. The van der Waals surface area contributed by atoms with Gasteiger partial charge in [-0.25, -0.2) is 4.39 Å². The van der Waals surface area contributed by atoms with Crippen LogP contribution < -0.4 is 5.32 Å². The Balaban J connectivity index is 2.60. The Morgan fingerprint density at radius 3 is 2.92 bits per heavy atom. The zero-order valence-corrected chi connectivity index (χ0v) is 7.63. The molecule has 0 amide bonds. The van der Waals surface area contributed by atoms with Crippen molar-refractivity contribution in [3.63, 3.8) is 0 Å². The minimum Gasteiger partial charge on any atom is -0.388 e. The van der Waals surface area contributed by atoms with Gasteiger partial charge in [-0.3, -0.25) is 0 Å². The third kappa shape index (κ3) is 3.13. The monoisotopic (exact) mass is 183 g/mol. The summed E-state index contributed by atoms with van der Waals surface area (Å²) in [5, 5.41) is 12.5. The third-order valence-electron chi connectivity index (χ3n) is 1.90. The summed E-state index contributed by atoms with van der Waals surface area (Å²) in [6.07, 6.45) is 0.0168. The van der Waals surface area contributed by atoms with E-state index in [1.54, 1.807) is 12.1 Å². The number of nitrogens with one attached hydrogen (secondary N) is 1. The molecule has 72 valence electrons. The van der Waals surface area contributed by atoms with Crippen molar-refractivity contribution >= 4 is 0 Å². The van der Waals surface area contributed by atoms with Crippen LogP contribution in [0.4, 0.5) is 4.39 Å². The number of hydrogen-bond acceptors (Lipinski definition) is 2. The highest BCUT2D eigenvalue weighted by atomic mass is 19.1. The molecule has 13 heavy (non-hydrogen) atoms. The molecule has 0 bridgehead atoms. The number of aliphatic hydroxyl groups is 1. The summed E-state index contributed by atoms with van der Waals surface area (Å²) in [7, 11) is 1.82. The first-order valence-corrected chi connectivity index (χ1v) is 4.32. The normalized spacial score (nSPS) is 12.8. The zero-order chi connectivity index (χ0) is 9.68. The lowest BCUT2D eigenvalue weighted by atomic mass is 10.1. The summed E-state index contributed by atoms with van der Waals surface area (Å²) in [5.74, 6) is -0.305. The van der Waals surface area contributed by atoms with Crippen molar-refractivity contribution in [3.05, 3.63) is 35.6 Å². The van der Waals surface area contributed by atoms with E-state index in [1.165, 1.54) is 12.1 Å². The van der Waals surface area contributed by atoms with Gasteiger partial charge in [0.1, 0.15) is 5.82 Å². The van der Waals surface area contributed by atoms with Gasteiger partial charge in [-0.1, -0.05) is 12.1 Å². The number of benzene rings is 1. The van der Waals surface area contributed by atoms with Crippen molar-refractivity contribution in [2.75, 3.05) is 13.6 Å². The van der Waals surface area contributed by atoms with E-state index in [1.807, 2.05) is 7.05 Å². The van der Waals surface area contributed by atoms with Gasteiger partial charge in [0, 0.05) is 0 Å². The Morgan fingerprint density at radius 1 is 1.54 bits per heavy atom. The van der Waals surface area contributed by atoms with Crippen molar-refractivity contribution in [2.45, 2.75) is 12.5 Å². The predicted molar refractivity (Wildman–Crippen MR) is 49.9 cm³/mol. The molecule has 1 aromatic carbocycles. The summed E-state index contributed by atoms with van der Waals surface area (Å²) in [6.45, 7) is 0.720. The smallest absolute Gasteiger partial charge is 0.123 e. The van der Waals surface area contributed by atoms with Crippen LogP contribution in [0.2, 0.25) is 0 Å². The molecule has 0 saturated heterocycles. The lowest BCUT2D eigenvalue weighted by molar-refractivity contribution is 0.167. The lowest BCUT2D eigenvalue weighted by Gasteiger charge is -2.09. The second kappa shape index (κ2) is 4.94. The maximum absolute atomic E-state index is 12.7. The lowest BCUT2D eigenvalue weighted by Crippen LogP contribution is -2.11. The van der Waals surface area contributed by atoms with E-state index in [0.29, 0.717) is 12.0 Å². The molecule has 1 atom stereocenters. The first-order chi connectivity index (χ1) is 6.24. The van der Waals surface area contributed by atoms with Crippen LogP contribution in [0.1, 0.15) is 18.1 Å². The Hall–Kier alpha value is -0.930. The van der Waals surface area contributed by atoms with Crippen LogP contribution in [-0.4, -0.2) is 18.7 Å². The first kappa shape index (κ1) is 10.2. The van der Waals surface area contributed by atoms with Gasteiger partial charge in [0.05, 0.1) is 6.10 Å². The van der Waals surface area contributed by atoms with Crippen molar-refractivity contribution in [1.29, 1.82) is 0 Å². The molecular weight excluding hydrogens is 169 g/mol. The minimum absolute atomic E-state index is 0.305. The quantitative estimate of drug-likeness (QED) is 0.740. The molecule has 0 aliphatic rings. The SMILES string of the molecule is CNCCC(O)c1cccc(F)c1. The van der Waals surface area contributed by atoms with Crippen molar-refractivity contribution in [1.82, 2.24) is 5.32 Å². The molecule has 0 heterocycles. The van der Waals surface area contributed by atoms with Crippen LogP contribution in [0.3, 0.4) is 0 Å². The van der Waals surface area contributed by atoms with Gasteiger partial charge in [-0.2, -0.15) is 0 Å². The highest BCUT2D eigenvalue weighted by Crippen LogP contribution is 2.16. The van der Waals surface area contributed by atoms with Crippen LogP contribution in [0.25, 0.3) is 0 Å². The van der Waals surface area contributed by atoms with E-state index in [-0.39, 0.29) is 5.82 Å². The summed E-state index contributed by atoms with van der Waals surface area (Å²) in [5.41, 5.74) is 0.634. The summed E-state index contributed by atoms with van der Waals surface area (Å²) < 4.78 is 12.7. The molecule has 0 radical (unpaired) electrons. The molecule has 0 aromatic heterocycles. The van der Waals surface area contributed by atoms with Crippen LogP contribution in [0.5, 0.6) is 0 Å². The highest BCUT2D eigenvalue weighted by Gasteiger charge is 2.06. The standard InChI is InChI=1S/C10H14FNO/c1-12-6-5-10(13)8-3-2-4-9(11)7-8/h2-4,7,10,12-13H,5-6H2,1H3. The summed E-state index contributed by atoms with van der Waals surface area (Å²) >= 11 is 0. The van der Waals surface area contributed by atoms with Crippen LogP contribution in [-0.2, 0) is 0 Å². The Morgan fingerprint density at radius 2 is 2.31 bits per heavy atom. The maximum atomic E-state index is 12.7. The molecular formula is C10H14FNO. The fraction of sp³-hybridized carbons (Fsp3) is 0.400. The Labute approximate surface area is 77.4 Å². The number of hydrogen-bond donors (Lipinski definition) is 2. The average Bonchev–Trinajstić information content (AvgIpc) is 2.14. The van der Waals surface area contributed by atoms with Gasteiger partial charge < -0.3 is 10.4 Å². The fourth-order valence-corrected chi connectivity index (χ4v) is 1.16. The molecule has 0 aliphatic heterocycles. The molecule has 1 aromatic rings. The largest absolute Gasteiger partial charge is 0.388 e. The summed E-state index contributed by atoms with van der Waals surface area (Å²) in [4.78, 5) is 0. The number of aliphatic hydroxyl groups excluding tert-OH is 1. The van der Waals surface area contributed by atoms with Gasteiger partial charge in [-0.15, -0.1) is 0 Å². The van der Waals surface area contributed by atoms with Gasteiger partial charge in [0.25, 0.3) is 0 Å². The van der Waals surface area contributed by atoms with Gasteiger partial charge in [0.15, 0.2) is 0 Å². The molecule has 0 fully saturated rings. The van der Waals surface area contributed by atoms with Crippen molar-refractivity contribution < 1.29 is 9.50 Å². The third-order valence-corrected chi connectivity index (χ3v) is 1.90. The van der Waals surface area contributed by atoms with Crippen LogP contribution in [0.15, 0.2) is 24.3 Å². The zero-order valence-electron chi connectivity index (χ0n) is 7.63. The molecule has 1 rings (SSSR count). The first-order valence-electron chi connectivity index (χ1n) is 4.32. The molecule has 1 unspecified atom stereocenters. The summed E-state index contributed by atoms with van der Waals surface area (Å²) in [6, 6.07) is 6.06. The molecule has 0 saturated carbocycles. The number of rotatable bonds is 4. The van der Waals surface area contributed by atoms with Gasteiger partial charge in [-0.05, 0) is 37.7 Å². The average molecular weight is 183 g/mol. The topological polar surface area (TPSA) is 32.3 Å².